The van der Waals surface area contributed by atoms with Crippen molar-refractivity contribution in [2.75, 3.05) is 10.6 Å². The summed E-state index contributed by atoms with van der Waals surface area (Å²) in [7, 11) is 0. The summed E-state index contributed by atoms with van der Waals surface area (Å²) in [6.45, 7) is 1.84. The molecule has 0 spiro atoms. The van der Waals surface area contributed by atoms with E-state index in [1.807, 2.05) is 66.9 Å². The number of anilines is 2. The van der Waals surface area contributed by atoms with Gasteiger partial charge in [0.1, 0.15) is 0 Å². The number of hydrogen-bond donors (Lipinski definition) is 2. The normalized spacial score (nSPS) is 11.9. The van der Waals surface area contributed by atoms with Crippen molar-refractivity contribution >= 4 is 51.8 Å². The van der Waals surface area contributed by atoms with Gasteiger partial charge in [-0.15, -0.1) is 23.1 Å². The first kappa shape index (κ1) is 19.9. The fourth-order valence-corrected chi connectivity index (χ4v) is 3.69. The van der Waals surface area contributed by atoms with E-state index in [4.69, 9.17) is 0 Å². The third kappa shape index (κ3) is 6.07. The Morgan fingerprint density at radius 2 is 1.82 bits per heavy atom. The van der Waals surface area contributed by atoms with Gasteiger partial charge in [0.25, 0.3) is 0 Å². The van der Waals surface area contributed by atoms with Crippen LogP contribution in [-0.4, -0.2) is 22.0 Å². The molecule has 1 heterocycles. The number of nitrogens with zero attached hydrogens (tertiary/aromatic N) is 1. The minimum absolute atomic E-state index is 0.0941. The Morgan fingerprint density at radius 3 is 2.50 bits per heavy atom. The second kappa shape index (κ2) is 9.87. The number of hydrogen-bond acceptors (Lipinski definition) is 5. The molecule has 7 heteroatoms. The lowest BCUT2D eigenvalue weighted by molar-refractivity contribution is -0.115. The number of carbonyl (C=O) groups excluding carboxylic acids is 2. The molecule has 3 aromatic rings. The van der Waals surface area contributed by atoms with Crippen LogP contribution in [0.15, 0.2) is 77.1 Å². The van der Waals surface area contributed by atoms with Gasteiger partial charge in [-0.2, -0.15) is 0 Å². The Hall–Kier alpha value is -2.90. The van der Waals surface area contributed by atoms with Crippen LogP contribution in [0.1, 0.15) is 12.5 Å². The predicted molar refractivity (Wildman–Crippen MR) is 117 cm³/mol. The standard InChI is InChI=1S/C21H19N3O2S2/c1-15(20(26)24-21-22-13-14-27-21)28-18-10-8-17(9-11-18)23-19(25)12-7-16-5-3-2-4-6-16/h2-15H,1H3,(H,23,25)(H,22,24,26)/b12-7+. The highest BCUT2D eigenvalue weighted by Crippen LogP contribution is 2.26. The topological polar surface area (TPSA) is 71.1 Å². The minimum atomic E-state index is -0.266. The SMILES string of the molecule is CC(Sc1ccc(NC(=O)/C=C/c2ccccc2)cc1)C(=O)Nc1nccs1. The number of thiazole rings is 1. The van der Waals surface area contributed by atoms with Crippen LogP contribution in [0.25, 0.3) is 6.08 Å². The molecule has 2 aromatic carbocycles. The highest BCUT2D eigenvalue weighted by Gasteiger charge is 2.15. The van der Waals surface area contributed by atoms with E-state index in [0.717, 1.165) is 10.5 Å². The lowest BCUT2D eigenvalue weighted by Crippen LogP contribution is -2.22. The summed E-state index contributed by atoms with van der Waals surface area (Å²) in [5.74, 6) is -0.288. The molecule has 28 heavy (non-hydrogen) atoms. The van der Waals surface area contributed by atoms with Crippen molar-refractivity contribution in [1.82, 2.24) is 4.98 Å². The van der Waals surface area contributed by atoms with Crippen LogP contribution in [0, 0.1) is 0 Å². The zero-order chi connectivity index (χ0) is 19.8. The van der Waals surface area contributed by atoms with Gasteiger partial charge in [0.05, 0.1) is 5.25 Å². The van der Waals surface area contributed by atoms with Crippen LogP contribution in [0.2, 0.25) is 0 Å². The van der Waals surface area contributed by atoms with Gasteiger partial charge in [-0.05, 0) is 42.8 Å². The third-order valence-corrected chi connectivity index (χ3v) is 5.49. The van der Waals surface area contributed by atoms with E-state index in [0.29, 0.717) is 10.8 Å². The zero-order valence-electron chi connectivity index (χ0n) is 15.2. The molecule has 0 aliphatic carbocycles. The number of thioether (sulfide) groups is 1. The fourth-order valence-electron chi connectivity index (χ4n) is 2.29. The minimum Gasteiger partial charge on any atom is -0.323 e. The lowest BCUT2D eigenvalue weighted by Gasteiger charge is -2.11. The summed E-state index contributed by atoms with van der Waals surface area (Å²) in [6.07, 6.45) is 4.92. The van der Waals surface area contributed by atoms with Crippen molar-refractivity contribution < 1.29 is 9.59 Å². The number of rotatable bonds is 7. The second-order valence-electron chi connectivity index (χ2n) is 5.84. The van der Waals surface area contributed by atoms with Gasteiger partial charge in [-0.1, -0.05) is 30.3 Å². The lowest BCUT2D eigenvalue weighted by atomic mass is 10.2. The van der Waals surface area contributed by atoms with Gasteiger partial charge in [-0.25, -0.2) is 4.98 Å². The maximum absolute atomic E-state index is 12.2. The molecule has 0 bridgehead atoms. The molecule has 1 aromatic heterocycles. The van der Waals surface area contributed by atoms with Gasteiger partial charge >= 0.3 is 0 Å². The van der Waals surface area contributed by atoms with Crippen LogP contribution in [0.5, 0.6) is 0 Å². The summed E-state index contributed by atoms with van der Waals surface area (Å²) < 4.78 is 0. The molecule has 0 saturated heterocycles. The molecule has 0 aliphatic rings. The van der Waals surface area contributed by atoms with E-state index in [9.17, 15) is 9.59 Å². The maximum atomic E-state index is 12.2. The van der Waals surface area contributed by atoms with Gasteiger partial charge in [0, 0.05) is 28.2 Å². The number of amides is 2. The van der Waals surface area contributed by atoms with E-state index in [-0.39, 0.29) is 17.1 Å². The molecule has 0 saturated carbocycles. The summed E-state index contributed by atoms with van der Waals surface area (Å²) in [6, 6.07) is 17.1. The van der Waals surface area contributed by atoms with Crippen LogP contribution < -0.4 is 10.6 Å². The van der Waals surface area contributed by atoms with E-state index in [2.05, 4.69) is 15.6 Å². The molecule has 0 fully saturated rings. The number of aromatic nitrogens is 1. The Bertz CT molecular complexity index is 940. The zero-order valence-corrected chi connectivity index (χ0v) is 16.8. The van der Waals surface area contributed by atoms with Crippen molar-refractivity contribution in [3.8, 4) is 0 Å². The van der Waals surface area contributed by atoms with Crippen LogP contribution >= 0.6 is 23.1 Å². The molecule has 0 radical (unpaired) electrons. The van der Waals surface area contributed by atoms with E-state index >= 15 is 0 Å². The Kier molecular flexibility index (Phi) is 7.00. The van der Waals surface area contributed by atoms with Gasteiger partial charge in [0.2, 0.25) is 11.8 Å². The molecule has 2 N–H and O–H groups in total. The number of nitrogens with one attached hydrogen (secondary N) is 2. The smallest absolute Gasteiger partial charge is 0.248 e. The molecule has 0 aliphatic heterocycles. The van der Waals surface area contributed by atoms with Crippen LogP contribution in [0.4, 0.5) is 10.8 Å². The maximum Gasteiger partial charge on any atom is 0.248 e. The third-order valence-electron chi connectivity index (χ3n) is 3.69. The molecule has 1 atom stereocenters. The quantitative estimate of drug-likeness (QED) is 0.429. The van der Waals surface area contributed by atoms with Gasteiger partial charge < -0.3 is 10.6 Å². The van der Waals surface area contributed by atoms with E-state index in [1.54, 1.807) is 12.3 Å². The molecule has 1 unspecified atom stereocenters. The van der Waals surface area contributed by atoms with Crippen LogP contribution in [-0.2, 0) is 9.59 Å². The molecule has 5 nitrogen and oxygen atoms in total. The van der Waals surface area contributed by atoms with E-state index < -0.39 is 0 Å². The van der Waals surface area contributed by atoms with Gasteiger partial charge in [-0.3, -0.25) is 9.59 Å². The largest absolute Gasteiger partial charge is 0.323 e. The molecule has 3 rings (SSSR count). The van der Waals surface area contributed by atoms with E-state index in [1.165, 1.54) is 29.2 Å². The molecular weight excluding hydrogens is 390 g/mol. The average molecular weight is 410 g/mol. The van der Waals surface area contributed by atoms with Gasteiger partial charge in [0.15, 0.2) is 5.13 Å². The highest BCUT2D eigenvalue weighted by molar-refractivity contribution is 8.00. The van der Waals surface area contributed by atoms with Crippen LogP contribution in [0.3, 0.4) is 0 Å². The Labute approximate surface area is 171 Å². The monoisotopic (exact) mass is 409 g/mol. The number of carbonyl (C=O) groups is 2. The predicted octanol–water partition coefficient (Wildman–Crippen LogP) is 4.91. The second-order valence-corrected chi connectivity index (χ2v) is 8.15. The highest BCUT2D eigenvalue weighted by atomic mass is 32.2. The molecular formula is C21H19N3O2S2. The van der Waals surface area contributed by atoms with Crippen molar-refractivity contribution in [1.29, 1.82) is 0 Å². The Balaban J connectivity index is 1.50. The fraction of sp³-hybridized carbons (Fsp3) is 0.0952. The molecule has 2 amide bonds. The van der Waals surface area contributed by atoms with Crippen molar-refractivity contribution in [2.24, 2.45) is 0 Å². The van der Waals surface area contributed by atoms with Crippen molar-refractivity contribution in [3.63, 3.8) is 0 Å². The average Bonchev–Trinajstić information content (AvgIpc) is 3.21. The first-order chi connectivity index (χ1) is 13.6. The first-order valence-electron chi connectivity index (χ1n) is 8.61. The summed E-state index contributed by atoms with van der Waals surface area (Å²) in [4.78, 5) is 29.2. The Morgan fingerprint density at radius 1 is 1.07 bits per heavy atom. The summed E-state index contributed by atoms with van der Waals surface area (Å²) in [5.41, 5.74) is 1.67. The van der Waals surface area contributed by atoms with Crippen molar-refractivity contribution in [2.45, 2.75) is 17.1 Å². The first-order valence-corrected chi connectivity index (χ1v) is 10.4. The molecule has 142 valence electrons. The summed E-state index contributed by atoms with van der Waals surface area (Å²) >= 11 is 2.83. The van der Waals surface area contributed by atoms with Crippen molar-refractivity contribution in [3.05, 3.63) is 77.8 Å². The number of benzene rings is 2. The summed E-state index contributed by atoms with van der Waals surface area (Å²) in [5, 5.41) is 7.76.